The van der Waals surface area contributed by atoms with Gasteiger partial charge in [-0.1, -0.05) is 11.6 Å². The van der Waals surface area contributed by atoms with Crippen LogP contribution in [-0.4, -0.2) is 9.78 Å². The number of hydrogen-bond donors (Lipinski definition) is 1. The normalized spacial score (nSPS) is 10.8. The second-order valence-corrected chi connectivity index (χ2v) is 6.50. The van der Waals surface area contributed by atoms with Gasteiger partial charge in [-0.3, -0.25) is 4.68 Å². The molecule has 1 N–H and O–H groups in total. The highest BCUT2D eigenvalue weighted by Crippen LogP contribution is 2.33. The smallest absolute Gasteiger partial charge is 0.131 e. The number of nitrogens with zero attached hydrogens (tertiary/aromatic N) is 2. The van der Waals surface area contributed by atoms with Gasteiger partial charge < -0.3 is 5.32 Å². The fraction of sp³-hybridized carbons (Fsp3) is 0.308. The number of aromatic nitrogens is 2. The van der Waals surface area contributed by atoms with Crippen molar-refractivity contribution in [2.75, 3.05) is 5.32 Å². The first kappa shape index (κ1) is 14.9. The lowest BCUT2D eigenvalue weighted by molar-refractivity contribution is 0.757. The molecule has 1 aromatic carbocycles. The molecule has 2 aromatic rings. The van der Waals surface area contributed by atoms with Crippen molar-refractivity contribution >= 4 is 49.1 Å². The van der Waals surface area contributed by atoms with Crippen LogP contribution in [0.4, 0.5) is 5.69 Å². The van der Waals surface area contributed by atoms with E-state index in [0.717, 1.165) is 25.9 Å². The van der Waals surface area contributed by atoms with E-state index in [0.29, 0.717) is 11.7 Å². The highest BCUT2D eigenvalue weighted by atomic mass is 79.9. The van der Waals surface area contributed by atoms with Crippen molar-refractivity contribution in [1.29, 1.82) is 0 Å². The molecule has 1 heterocycles. The van der Waals surface area contributed by atoms with E-state index >= 15 is 0 Å². The van der Waals surface area contributed by atoms with Gasteiger partial charge in [0.15, 0.2) is 0 Å². The zero-order chi connectivity index (χ0) is 14.2. The first-order valence-electron chi connectivity index (χ1n) is 5.77. The van der Waals surface area contributed by atoms with Gasteiger partial charge in [0, 0.05) is 28.1 Å². The zero-order valence-electron chi connectivity index (χ0n) is 10.9. The van der Waals surface area contributed by atoms with Crippen molar-refractivity contribution in [1.82, 2.24) is 9.78 Å². The molecular weight excluding hydrogens is 393 g/mol. The molecule has 102 valence electrons. The second kappa shape index (κ2) is 5.85. The van der Waals surface area contributed by atoms with Crippen LogP contribution in [0.1, 0.15) is 16.8 Å². The molecule has 0 unspecified atom stereocenters. The van der Waals surface area contributed by atoms with Gasteiger partial charge in [-0.05, 0) is 63.4 Å². The average Bonchev–Trinajstić information content (AvgIpc) is 2.53. The Morgan fingerprint density at radius 2 is 1.84 bits per heavy atom. The summed E-state index contributed by atoms with van der Waals surface area (Å²) in [7, 11) is 1.84. The zero-order valence-corrected chi connectivity index (χ0v) is 14.8. The largest absolute Gasteiger partial charge is 0.379 e. The quantitative estimate of drug-likeness (QED) is 0.790. The third-order valence-corrected chi connectivity index (χ3v) is 4.62. The topological polar surface area (TPSA) is 29.9 Å². The summed E-state index contributed by atoms with van der Waals surface area (Å²) < 4.78 is 3.74. The molecule has 0 radical (unpaired) electrons. The van der Waals surface area contributed by atoms with E-state index in [1.54, 1.807) is 4.68 Å². The lowest BCUT2D eigenvalue weighted by atomic mass is 10.2. The molecule has 6 heteroatoms. The van der Waals surface area contributed by atoms with Crippen LogP contribution in [0, 0.1) is 13.8 Å². The number of benzene rings is 1. The van der Waals surface area contributed by atoms with Crippen LogP contribution in [0.5, 0.6) is 0 Å². The van der Waals surface area contributed by atoms with Gasteiger partial charge >= 0.3 is 0 Å². The van der Waals surface area contributed by atoms with Crippen molar-refractivity contribution < 1.29 is 0 Å². The second-order valence-electron chi connectivity index (χ2n) is 4.44. The molecule has 0 saturated heterocycles. The van der Waals surface area contributed by atoms with Crippen LogP contribution in [-0.2, 0) is 13.6 Å². The summed E-state index contributed by atoms with van der Waals surface area (Å²) in [4.78, 5) is 0. The van der Waals surface area contributed by atoms with Crippen LogP contribution in [0.3, 0.4) is 0 Å². The molecule has 0 bridgehead atoms. The predicted octanol–water partition coefficient (Wildman–Crippen LogP) is 4.83. The fourth-order valence-corrected chi connectivity index (χ4v) is 3.86. The Hall–Kier alpha value is -0.520. The summed E-state index contributed by atoms with van der Waals surface area (Å²) in [6, 6.07) is 4.15. The van der Waals surface area contributed by atoms with Crippen LogP contribution >= 0.6 is 43.5 Å². The summed E-state index contributed by atoms with van der Waals surface area (Å²) in [5.74, 6) is 0. The predicted molar refractivity (Wildman–Crippen MR) is 86.9 cm³/mol. The van der Waals surface area contributed by atoms with E-state index in [1.165, 1.54) is 5.56 Å². The number of halogens is 3. The van der Waals surface area contributed by atoms with E-state index in [-0.39, 0.29) is 0 Å². The highest BCUT2D eigenvalue weighted by molar-refractivity contribution is 9.11. The molecule has 1 aromatic heterocycles. The standard InChI is InChI=1S/C13H14Br2ClN3/c1-7-4-10(14)12(11(15)5-7)17-6-9-8(2)18-19(3)13(9)16/h4-5,17H,6H2,1-3H3. The van der Waals surface area contributed by atoms with Gasteiger partial charge in [0.25, 0.3) is 0 Å². The molecule has 0 spiro atoms. The number of nitrogens with one attached hydrogen (secondary N) is 1. The van der Waals surface area contributed by atoms with Crippen molar-refractivity contribution in [3.63, 3.8) is 0 Å². The first-order chi connectivity index (χ1) is 8.90. The van der Waals surface area contributed by atoms with Gasteiger partial charge in [-0.15, -0.1) is 0 Å². The monoisotopic (exact) mass is 405 g/mol. The summed E-state index contributed by atoms with van der Waals surface area (Å²) in [6.45, 7) is 4.66. The van der Waals surface area contributed by atoms with Crippen molar-refractivity contribution in [3.8, 4) is 0 Å². The molecular formula is C13H14Br2ClN3. The van der Waals surface area contributed by atoms with Crippen LogP contribution in [0.2, 0.25) is 5.15 Å². The molecule has 0 atom stereocenters. The minimum atomic E-state index is 0.638. The Morgan fingerprint density at radius 3 is 2.32 bits per heavy atom. The Balaban J connectivity index is 2.24. The van der Waals surface area contributed by atoms with Gasteiger partial charge in [-0.25, -0.2) is 0 Å². The molecule has 0 aliphatic heterocycles. The Morgan fingerprint density at radius 1 is 1.26 bits per heavy atom. The molecule has 0 aliphatic rings. The number of aryl methyl sites for hydroxylation is 3. The van der Waals surface area contributed by atoms with Crippen LogP contribution in [0.25, 0.3) is 0 Å². The third-order valence-electron chi connectivity index (χ3n) is 2.90. The van der Waals surface area contributed by atoms with E-state index in [1.807, 2.05) is 14.0 Å². The minimum absolute atomic E-state index is 0.638. The lowest BCUT2D eigenvalue weighted by Crippen LogP contribution is -2.02. The molecule has 3 nitrogen and oxygen atoms in total. The molecule has 0 aliphatic carbocycles. The Kier molecular flexibility index (Phi) is 4.58. The Labute approximate surface area is 134 Å². The Bertz CT molecular complexity index is 600. The van der Waals surface area contributed by atoms with Gasteiger partial charge in [0.1, 0.15) is 5.15 Å². The number of anilines is 1. The minimum Gasteiger partial charge on any atom is -0.379 e. The molecule has 0 fully saturated rings. The summed E-state index contributed by atoms with van der Waals surface area (Å²) in [5, 5.41) is 8.36. The van der Waals surface area contributed by atoms with Crippen LogP contribution < -0.4 is 5.32 Å². The number of hydrogen-bond acceptors (Lipinski definition) is 2. The van der Waals surface area contributed by atoms with E-state index < -0.39 is 0 Å². The molecule has 0 saturated carbocycles. The number of rotatable bonds is 3. The van der Waals surface area contributed by atoms with Crippen molar-refractivity contribution in [3.05, 3.63) is 43.1 Å². The van der Waals surface area contributed by atoms with E-state index in [9.17, 15) is 0 Å². The van der Waals surface area contributed by atoms with E-state index in [2.05, 4.69) is 61.3 Å². The third kappa shape index (κ3) is 3.15. The van der Waals surface area contributed by atoms with Crippen molar-refractivity contribution in [2.24, 2.45) is 7.05 Å². The van der Waals surface area contributed by atoms with Crippen molar-refractivity contribution in [2.45, 2.75) is 20.4 Å². The molecule has 0 amide bonds. The molecule has 19 heavy (non-hydrogen) atoms. The van der Waals surface area contributed by atoms with Gasteiger partial charge in [0.05, 0.1) is 11.4 Å². The maximum absolute atomic E-state index is 6.22. The summed E-state index contributed by atoms with van der Waals surface area (Å²) >= 11 is 13.4. The SMILES string of the molecule is Cc1cc(Br)c(NCc2c(C)nn(C)c2Cl)c(Br)c1. The maximum atomic E-state index is 6.22. The average molecular weight is 408 g/mol. The van der Waals surface area contributed by atoms with Gasteiger partial charge in [0.2, 0.25) is 0 Å². The van der Waals surface area contributed by atoms with Gasteiger partial charge in [-0.2, -0.15) is 5.10 Å². The first-order valence-corrected chi connectivity index (χ1v) is 7.74. The van der Waals surface area contributed by atoms with E-state index in [4.69, 9.17) is 11.6 Å². The lowest BCUT2D eigenvalue weighted by Gasteiger charge is -2.12. The fourth-order valence-electron chi connectivity index (χ4n) is 1.92. The maximum Gasteiger partial charge on any atom is 0.131 e. The van der Waals surface area contributed by atoms with Crippen LogP contribution in [0.15, 0.2) is 21.1 Å². The molecule has 2 rings (SSSR count). The highest BCUT2D eigenvalue weighted by Gasteiger charge is 2.12. The summed E-state index contributed by atoms with van der Waals surface area (Å²) in [5.41, 5.74) is 4.17. The summed E-state index contributed by atoms with van der Waals surface area (Å²) in [6.07, 6.45) is 0.